The minimum absolute atomic E-state index is 0.0967. The smallest absolute Gasteiger partial charge is 0.343 e. The van der Waals surface area contributed by atoms with Gasteiger partial charge in [0.15, 0.2) is 11.5 Å². The first kappa shape index (κ1) is 31.8. The Morgan fingerprint density at radius 1 is 0.957 bits per heavy atom. The fourth-order valence-electron chi connectivity index (χ4n) is 4.32. The number of hydrogen-bond donors (Lipinski definition) is 2. The van der Waals surface area contributed by atoms with Gasteiger partial charge in [0.05, 0.1) is 28.3 Å². The summed E-state index contributed by atoms with van der Waals surface area (Å²) in [6.07, 6.45) is 1.42. The maximum absolute atomic E-state index is 12.9. The Balaban J connectivity index is 1.20. The third-order valence-corrected chi connectivity index (χ3v) is 8.19. The molecule has 1 heterocycles. The molecule has 0 atom stereocenters. The van der Waals surface area contributed by atoms with Gasteiger partial charge in [0.25, 0.3) is 17.5 Å². The average molecular weight is 657 g/mol. The van der Waals surface area contributed by atoms with Gasteiger partial charge in [0.2, 0.25) is 0 Å². The van der Waals surface area contributed by atoms with E-state index in [1.165, 1.54) is 36.5 Å². The molecule has 232 valence electrons. The number of ether oxygens (including phenoxy) is 2. The number of benzene rings is 4. The minimum atomic E-state index is -0.514. The molecule has 5 aromatic rings. The van der Waals surface area contributed by atoms with E-state index in [0.717, 1.165) is 16.9 Å². The van der Waals surface area contributed by atoms with Crippen molar-refractivity contribution in [2.24, 2.45) is 5.10 Å². The maximum atomic E-state index is 12.9. The zero-order valence-electron chi connectivity index (χ0n) is 24.4. The molecule has 0 spiro atoms. The van der Waals surface area contributed by atoms with Crippen LogP contribution < -0.4 is 20.2 Å². The van der Waals surface area contributed by atoms with E-state index in [9.17, 15) is 24.5 Å². The number of thiophene rings is 1. The number of non-ortho nitro benzene ring substituents is 1. The van der Waals surface area contributed by atoms with Gasteiger partial charge in [-0.3, -0.25) is 19.7 Å². The van der Waals surface area contributed by atoms with Crippen LogP contribution in [-0.4, -0.2) is 35.5 Å². The molecule has 0 unspecified atom stereocenters. The summed E-state index contributed by atoms with van der Waals surface area (Å²) in [7, 11) is 0. The molecule has 0 aliphatic carbocycles. The number of carbonyl (C=O) groups is 3. The van der Waals surface area contributed by atoms with E-state index in [4.69, 9.17) is 21.1 Å². The predicted octanol–water partition coefficient (Wildman–Crippen LogP) is 7.41. The number of nitro benzene ring substituents is 1. The number of nitrogens with one attached hydrogen (secondary N) is 2. The first-order valence-electron chi connectivity index (χ1n) is 13.8. The molecule has 1 aromatic heterocycles. The Morgan fingerprint density at radius 2 is 1.74 bits per heavy atom. The Bertz CT molecular complexity index is 2010. The van der Waals surface area contributed by atoms with Crippen LogP contribution in [0.25, 0.3) is 10.1 Å². The standard InChI is InChI=1S/C33H25ClN4O7S/c1-3-44-27-16-20(7-14-26(27)45-33(41)22-6-4-5-19(2)15-22)18-35-37-31(39)21-8-10-23(11-9-21)36-32(40)30-29(34)25-13-12-24(38(42)43)17-28(25)46-30/h4-18H,3H2,1-2H3,(H,36,40)(H,37,39)/b35-18-. The normalized spacial score (nSPS) is 10.9. The lowest BCUT2D eigenvalue weighted by Gasteiger charge is -2.11. The number of fused-ring (bicyclic) bond motifs is 1. The van der Waals surface area contributed by atoms with Crippen molar-refractivity contribution in [3.8, 4) is 11.5 Å². The molecule has 0 saturated heterocycles. The number of nitro groups is 1. The summed E-state index contributed by atoms with van der Waals surface area (Å²) in [5.74, 6) is -0.897. The number of carbonyl (C=O) groups excluding carboxylic acids is 3. The predicted molar refractivity (Wildman–Crippen MR) is 177 cm³/mol. The monoisotopic (exact) mass is 656 g/mol. The number of anilines is 1. The fourth-order valence-corrected chi connectivity index (χ4v) is 5.77. The highest BCUT2D eigenvalue weighted by atomic mass is 35.5. The Kier molecular flexibility index (Phi) is 9.70. The summed E-state index contributed by atoms with van der Waals surface area (Å²) in [4.78, 5) is 48.9. The first-order chi connectivity index (χ1) is 22.1. The van der Waals surface area contributed by atoms with Gasteiger partial charge in [-0.05, 0) is 80.1 Å². The van der Waals surface area contributed by atoms with Crippen LogP contribution in [0.4, 0.5) is 11.4 Å². The van der Waals surface area contributed by atoms with Crippen molar-refractivity contribution in [1.29, 1.82) is 0 Å². The topological polar surface area (TPSA) is 149 Å². The second kappa shape index (κ2) is 14.0. The summed E-state index contributed by atoms with van der Waals surface area (Å²) in [5, 5.41) is 18.6. The summed E-state index contributed by atoms with van der Waals surface area (Å²) in [6.45, 7) is 4.03. The first-order valence-corrected chi connectivity index (χ1v) is 15.0. The molecular formula is C33H25ClN4O7S. The Morgan fingerprint density at radius 3 is 2.46 bits per heavy atom. The van der Waals surface area contributed by atoms with Crippen LogP contribution in [-0.2, 0) is 0 Å². The third-order valence-electron chi connectivity index (χ3n) is 6.54. The molecule has 2 amide bonds. The minimum Gasteiger partial charge on any atom is -0.490 e. The zero-order chi connectivity index (χ0) is 32.8. The van der Waals surface area contributed by atoms with Gasteiger partial charge >= 0.3 is 5.97 Å². The lowest BCUT2D eigenvalue weighted by molar-refractivity contribution is -0.384. The number of nitrogens with zero attached hydrogens (tertiary/aromatic N) is 2. The second-order valence-electron chi connectivity index (χ2n) is 9.81. The van der Waals surface area contributed by atoms with Gasteiger partial charge in [-0.15, -0.1) is 11.3 Å². The molecule has 4 aromatic carbocycles. The van der Waals surface area contributed by atoms with Crippen molar-refractivity contribution in [3.63, 3.8) is 0 Å². The summed E-state index contributed by atoms with van der Waals surface area (Å²) in [6, 6.07) is 22.3. The van der Waals surface area contributed by atoms with E-state index in [2.05, 4.69) is 15.8 Å². The number of aryl methyl sites for hydroxylation is 1. The van der Waals surface area contributed by atoms with Gasteiger partial charge in [-0.2, -0.15) is 5.10 Å². The van der Waals surface area contributed by atoms with Crippen LogP contribution in [0, 0.1) is 17.0 Å². The molecule has 11 nitrogen and oxygen atoms in total. The van der Waals surface area contributed by atoms with Crippen molar-refractivity contribution in [2.45, 2.75) is 13.8 Å². The van der Waals surface area contributed by atoms with E-state index in [-0.39, 0.29) is 26.9 Å². The molecule has 0 aliphatic rings. The van der Waals surface area contributed by atoms with Gasteiger partial charge in [-0.25, -0.2) is 10.2 Å². The van der Waals surface area contributed by atoms with Crippen LogP contribution in [0.1, 0.15) is 48.4 Å². The summed E-state index contributed by atoms with van der Waals surface area (Å²) >= 11 is 7.42. The van der Waals surface area contributed by atoms with E-state index in [1.807, 2.05) is 13.0 Å². The molecule has 0 aliphatic heterocycles. The number of esters is 1. The Labute approximate surface area is 271 Å². The molecule has 2 N–H and O–H groups in total. The fraction of sp³-hybridized carbons (Fsp3) is 0.0909. The molecule has 0 radical (unpaired) electrons. The highest BCUT2D eigenvalue weighted by molar-refractivity contribution is 7.21. The van der Waals surface area contributed by atoms with Crippen molar-refractivity contribution in [2.75, 3.05) is 11.9 Å². The largest absolute Gasteiger partial charge is 0.490 e. The molecule has 13 heteroatoms. The van der Waals surface area contributed by atoms with Crippen LogP contribution >= 0.6 is 22.9 Å². The lowest BCUT2D eigenvalue weighted by atomic mass is 10.1. The van der Waals surface area contributed by atoms with Gasteiger partial charge in [-0.1, -0.05) is 29.3 Å². The summed E-state index contributed by atoms with van der Waals surface area (Å²) < 4.78 is 11.7. The number of amides is 2. The van der Waals surface area contributed by atoms with Crippen molar-refractivity contribution in [3.05, 3.63) is 127 Å². The Hall–Kier alpha value is -5.59. The zero-order valence-corrected chi connectivity index (χ0v) is 26.0. The van der Waals surface area contributed by atoms with Gasteiger partial charge in [0.1, 0.15) is 4.88 Å². The molecule has 46 heavy (non-hydrogen) atoms. The van der Waals surface area contributed by atoms with Crippen LogP contribution in [0.15, 0.2) is 90.0 Å². The maximum Gasteiger partial charge on any atom is 0.343 e. The van der Waals surface area contributed by atoms with Crippen LogP contribution in [0.3, 0.4) is 0 Å². The van der Waals surface area contributed by atoms with Crippen molar-refractivity contribution < 1.29 is 28.8 Å². The van der Waals surface area contributed by atoms with E-state index in [0.29, 0.717) is 39.3 Å². The third kappa shape index (κ3) is 7.37. The lowest BCUT2D eigenvalue weighted by Crippen LogP contribution is -2.17. The SMILES string of the molecule is CCOc1cc(/C=N\NC(=O)c2ccc(NC(=O)c3sc4cc([N+](=O)[O-])ccc4c3Cl)cc2)ccc1OC(=O)c1cccc(C)c1. The van der Waals surface area contributed by atoms with Gasteiger partial charge < -0.3 is 14.8 Å². The highest BCUT2D eigenvalue weighted by Crippen LogP contribution is 2.37. The molecule has 0 bridgehead atoms. The molecule has 0 saturated carbocycles. The van der Waals surface area contributed by atoms with Crippen molar-refractivity contribution >= 4 is 68.4 Å². The average Bonchev–Trinajstić information content (AvgIpc) is 3.38. The second-order valence-corrected chi connectivity index (χ2v) is 11.2. The van der Waals surface area contributed by atoms with Gasteiger partial charge in [0, 0.05) is 33.5 Å². The summed E-state index contributed by atoms with van der Waals surface area (Å²) in [5.41, 5.74) is 4.99. The number of hydrazone groups is 1. The number of rotatable bonds is 10. The van der Waals surface area contributed by atoms with E-state index >= 15 is 0 Å². The van der Waals surface area contributed by atoms with Crippen molar-refractivity contribution in [1.82, 2.24) is 5.43 Å². The highest BCUT2D eigenvalue weighted by Gasteiger charge is 2.20. The number of hydrogen-bond acceptors (Lipinski definition) is 9. The van der Waals surface area contributed by atoms with Crippen LogP contribution in [0.2, 0.25) is 5.02 Å². The molecule has 5 rings (SSSR count). The molecular weight excluding hydrogens is 632 g/mol. The molecule has 0 fully saturated rings. The van der Waals surface area contributed by atoms with E-state index in [1.54, 1.807) is 55.5 Å². The van der Waals surface area contributed by atoms with Crippen LogP contribution in [0.5, 0.6) is 11.5 Å². The quantitative estimate of drug-likeness (QED) is 0.0523. The van der Waals surface area contributed by atoms with E-state index < -0.39 is 22.7 Å². The number of halogens is 1.